The lowest BCUT2D eigenvalue weighted by atomic mass is 10.1. The highest BCUT2D eigenvalue weighted by molar-refractivity contribution is 7.88. The zero-order chi connectivity index (χ0) is 18.4. The van der Waals surface area contributed by atoms with E-state index in [0.717, 1.165) is 0 Å². The molecular formula is C14H26N2O6S. The molecule has 0 aromatic carbocycles. The maximum absolute atomic E-state index is 12.6. The smallest absolute Gasteiger partial charge is 0.426 e. The third kappa shape index (κ3) is 4.49. The first-order valence-electron chi connectivity index (χ1n) is 7.26. The van der Waals surface area contributed by atoms with E-state index in [1.807, 2.05) is 0 Å². The minimum Gasteiger partial charge on any atom is -0.443 e. The van der Waals surface area contributed by atoms with Crippen LogP contribution in [0.1, 0.15) is 55.4 Å². The van der Waals surface area contributed by atoms with Gasteiger partial charge in [0.05, 0.1) is 12.1 Å². The predicted molar refractivity (Wildman–Crippen MR) is 84.0 cm³/mol. The van der Waals surface area contributed by atoms with Crippen molar-refractivity contribution < 1.29 is 27.5 Å². The van der Waals surface area contributed by atoms with Crippen LogP contribution in [0.3, 0.4) is 0 Å². The second-order valence-electron chi connectivity index (χ2n) is 8.05. The van der Waals surface area contributed by atoms with Crippen LogP contribution in [0.5, 0.6) is 0 Å². The number of amides is 2. The van der Waals surface area contributed by atoms with Crippen LogP contribution in [-0.2, 0) is 19.7 Å². The highest BCUT2D eigenvalue weighted by Crippen LogP contribution is 2.33. The number of hydrogen-bond donors (Lipinski definition) is 0. The van der Waals surface area contributed by atoms with E-state index in [2.05, 4.69) is 0 Å². The van der Waals surface area contributed by atoms with Crippen molar-refractivity contribution in [2.24, 2.45) is 0 Å². The maximum atomic E-state index is 12.6. The van der Waals surface area contributed by atoms with Crippen molar-refractivity contribution in [3.63, 3.8) is 0 Å². The number of carbonyl (C=O) groups excluding carboxylic acids is 2. The van der Waals surface area contributed by atoms with Crippen LogP contribution in [0, 0.1) is 0 Å². The molecule has 0 aromatic rings. The summed E-state index contributed by atoms with van der Waals surface area (Å²) in [6.45, 7) is 12.7. The van der Waals surface area contributed by atoms with Crippen molar-refractivity contribution in [2.75, 3.05) is 6.54 Å². The van der Waals surface area contributed by atoms with Gasteiger partial charge in [-0.05, 0) is 55.4 Å². The second kappa shape index (κ2) is 5.54. The molecule has 0 spiro atoms. The van der Waals surface area contributed by atoms with Gasteiger partial charge in [-0.15, -0.1) is 0 Å². The fourth-order valence-corrected chi connectivity index (χ4v) is 3.83. The SMILES string of the molecule is CC(C)(C)OC(=O)N1CC(C)(C)N(C(=O)OC(C)(C)C)S1(=O)=O. The van der Waals surface area contributed by atoms with Crippen molar-refractivity contribution >= 4 is 22.4 Å². The van der Waals surface area contributed by atoms with Crippen molar-refractivity contribution in [1.29, 1.82) is 0 Å². The molecule has 0 N–H and O–H groups in total. The second-order valence-corrected chi connectivity index (χ2v) is 9.75. The molecule has 23 heavy (non-hydrogen) atoms. The van der Waals surface area contributed by atoms with Crippen LogP contribution in [-0.4, -0.2) is 52.5 Å². The average molecular weight is 350 g/mol. The number of nitrogens with zero attached hydrogens (tertiary/aromatic N) is 2. The first kappa shape index (κ1) is 19.5. The lowest BCUT2D eigenvalue weighted by Gasteiger charge is -2.30. The quantitative estimate of drug-likeness (QED) is 0.666. The zero-order valence-corrected chi connectivity index (χ0v) is 15.8. The van der Waals surface area contributed by atoms with E-state index in [4.69, 9.17) is 9.47 Å². The molecule has 1 saturated heterocycles. The van der Waals surface area contributed by atoms with Crippen molar-refractivity contribution in [3.05, 3.63) is 0 Å². The molecule has 0 aromatic heterocycles. The van der Waals surface area contributed by atoms with E-state index in [1.165, 1.54) is 0 Å². The molecule has 8 nitrogen and oxygen atoms in total. The van der Waals surface area contributed by atoms with Crippen LogP contribution < -0.4 is 0 Å². The Bertz CT molecular complexity index is 598. The molecule has 0 saturated carbocycles. The molecule has 0 unspecified atom stereocenters. The molecule has 0 aliphatic carbocycles. The molecule has 1 heterocycles. The Morgan fingerprint density at radius 3 is 1.70 bits per heavy atom. The monoisotopic (exact) mass is 350 g/mol. The van der Waals surface area contributed by atoms with Gasteiger partial charge in [-0.25, -0.2) is 9.59 Å². The Morgan fingerprint density at radius 1 is 0.913 bits per heavy atom. The summed E-state index contributed by atoms with van der Waals surface area (Å²) in [7, 11) is -4.36. The first-order chi connectivity index (χ1) is 9.97. The third-order valence-electron chi connectivity index (χ3n) is 2.75. The Balaban J connectivity index is 3.16. The third-order valence-corrected chi connectivity index (χ3v) is 4.69. The predicted octanol–water partition coefficient (Wildman–Crippen LogP) is 2.50. The topological polar surface area (TPSA) is 93.2 Å². The number of rotatable bonds is 0. The number of ether oxygens (including phenoxy) is 2. The summed E-state index contributed by atoms with van der Waals surface area (Å²) in [6.07, 6.45) is -2.04. The van der Waals surface area contributed by atoms with Gasteiger partial charge in [0, 0.05) is 0 Å². The van der Waals surface area contributed by atoms with Gasteiger partial charge in [0.15, 0.2) is 0 Å². The summed E-state index contributed by atoms with van der Waals surface area (Å²) >= 11 is 0. The minimum atomic E-state index is -4.36. The standard InChI is InChI=1S/C14H26N2O6S/c1-12(2,3)21-10(17)15-9-14(7,8)16(23(15,19)20)11(18)22-13(4,5)6/h9H2,1-8H3. The van der Waals surface area contributed by atoms with Gasteiger partial charge in [0.2, 0.25) is 0 Å². The lowest BCUT2D eigenvalue weighted by molar-refractivity contribution is 0.0276. The fourth-order valence-electron chi connectivity index (χ4n) is 2.02. The molecule has 0 bridgehead atoms. The molecule has 134 valence electrons. The highest BCUT2D eigenvalue weighted by Gasteiger charge is 2.56. The lowest BCUT2D eigenvalue weighted by Crippen LogP contribution is -2.48. The normalized spacial score (nSPS) is 20.3. The minimum absolute atomic E-state index is 0.205. The summed E-state index contributed by atoms with van der Waals surface area (Å²) in [5.41, 5.74) is -2.85. The average Bonchev–Trinajstić information content (AvgIpc) is 2.38. The van der Waals surface area contributed by atoms with E-state index in [0.29, 0.717) is 8.61 Å². The zero-order valence-electron chi connectivity index (χ0n) is 15.0. The van der Waals surface area contributed by atoms with Gasteiger partial charge < -0.3 is 9.47 Å². The number of hydrogen-bond acceptors (Lipinski definition) is 6. The van der Waals surface area contributed by atoms with Crippen LogP contribution in [0.15, 0.2) is 0 Å². The molecular weight excluding hydrogens is 324 g/mol. The molecule has 1 rings (SSSR count). The van der Waals surface area contributed by atoms with Gasteiger partial charge in [-0.3, -0.25) is 0 Å². The van der Waals surface area contributed by atoms with E-state index in [9.17, 15) is 18.0 Å². The van der Waals surface area contributed by atoms with Crippen LogP contribution in [0.2, 0.25) is 0 Å². The van der Waals surface area contributed by atoms with Gasteiger partial charge in [0.1, 0.15) is 11.2 Å². The Labute approximate surface area is 137 Å². The van der Waals surface area contributed by atoms with Gasteiger partial charge in [-0.1, -0.05) is 0 Å². The van der Waals surface area contributed by atoms with Crippen molar-refractivity contribution in [1.82, 2.24) is 8.61 Å². The maximum Gasteiger partial charge on any atom is 0.426 e. The van der Waals surface area contributed by atoms with E-state index in [1.54, 1.807) is 55.4 Å². The van der Waals surface area contributed by atoms with Crippen molar-refractivity contribution in [2.45, 2.75) is 72.1 Å². The first-order valence-corrected chi connectivity index (χ1v) is 8.66. The molecule has 1 fully saturated rings. The Hall–Kier alpha value is -1.51. The fraction of sp³-hybridized carbons (Fsp3) is 0.857. The largest absolute Gasteiger partial charge is 0.443 e. The Kier molecular flexibility index (Phi) is 4.70. The number of carbonyl (C=O) groups is 2. The summed E-state index contributed by atoms with van der Waals surface area (Å²) in [6, 6.07) is 0. The van der Waals surface area contributed by atoms with Crippen LogP contribution in [0.25, 0.3) is 0 Å². The molecule has 2 amide bonds. The molecule has 9 heteroatoms. The van der Waals surface area contributed by atoms with Crippen LogP contribution in [0.4, 0.5) is 9.59 Å². The molecule has 0 atom stereocenters. The van der Waals surface area contributed by atoms with E-state index < -0.39 is 39.1 Å². The summed E-state index contributed by atoms with van der Waals surface area (Å²) in [4.78, 5) is 24.5. The Morgan fingerprint density at radius 2 is 1.30 bits per heavy atom. The molecule has 0 radical (unpaired) electrons. The van der Waals surface area contributed by atoms with Gasteiger partial charge in [0.25, 0.3) is 0 Å². The summed E-state index contributed by atoms with van der Waals surface area (Å²) in [5, 5.41) is 0. The highest BCUT2D eigenvalue weighted by atomic mass is 32.2. The van der Waals surface area contributed by atoms with Crippen LogP contribution >= 0.6 is 0 Å². The van der Waals surface area contributed by atoms with Gasteiger partial charge >= 0.3 is 22.4 Å². The van der Waals surface area contributed by atoms with E-state index in [-0.39, 0.29) is 6.54 Å². The van der Waals surface area contributed by atoms with Crippen molar-refractivity contribution in [3.8, 4) is 0 Å². The molecule has 1 aliphatic heterocycles. The summed E-state index contributed by atoms with van der Waals surface area (Å²) < 4.78 is 36.6. The van der Waals surface area contributed by atoms with Gasteiger partial charge in [-0.2, -0.15) is 17.0 Å². The molecule has 1 aliphatic rings. The van der Waals surface area contributed by atoms with E-state index >= 15 is 0 Å². The summed E-state index contributed by atoms with van der Waals surface area (Å²) in [5.74, 6) is 0.